The van der Waals surface area contributed by atoms with Gasteiger partial charge in [-0.1, -0.05) is 38.4 Å². The minimum absolute atomic E-state index is 0.000860. The fourth-order valence-electron chi connectivity index (χ4n) is 1.91. The van der Waals surface area contributed by atoms with Gasteiger partial charge in [-0.15, -0.1) is 11.3 Å². The third-order valence-electron chi connectivity index (χ3n) is 2.79. The van der Waals surface area contributed by atoms with E-state index in [0.29, 0.717) is 5.13 Å². The summed E-state index contributed by atoms with van der Waals surface area (Å²) in [5.74, 6) is 0. The predicted molar refractivity (Wildman–Crippen MR) is 92.2 cm³/mol. The summed E-state index contributed by atoms with van der Waals surface area (Å²) >= 11 is 10.1. The first-order valence-corrected chi connectivity index (χ1v) is 8.24. The highest BCUT2D eigenvalue weighted by molar-refractivity contribution is 14.1. The third kappa shape index (κ3) is 3.61. The number of nitrogens with two attached hydrogens (primary N) is 1. The van der Waals surface area contributed by atoms with Crippen LogP contribution in [-0.4, -0.2) is 4.98 Å². The SMILES string of the molecule is CC(C)(C)c1nc(N)sc1Cc1ccc(I)cc1Cl. The van der Waals surface area contributed by atoms with Gasteiger partial charge in [0.05, 0.1) is 5.69 Å². The molecule has 0 spiro atoms. The molecule has 5 heteroatoms. The molecule has 19 heavy (non-hydrogen) atoms. The first-order chi connectivity index (χ1) is 8.77. The van der Waals surface area contributed by atoms with Crippen molar-refractivity contribution in [2.45, 2.75) is 32.6 Å². The summed E-state index contributed by atoms with van der Waals surface area (Å²) in [5, 5.41) is 1.43. The molecule has 0 bridgehead atoms. The quantitative estimate of drug-likeness (QED) is 0.723. The van der Waals surface area contributed by atoms with Crippen LogP contribution in [0.5, 0.6) is 0 Å². The Labute approximate surface area is 136 Å². The number of hydrogen-bond donors (Lipinski definition) is 1. The number of hydrogen-bond acceptors (Lipinski definition) is 3. The van der Waals surface area contributed by atoms with E-state index in [-0.39, 0.29) is 5.41 Å². The molecule has 2 rings (SSSR count). The van der Waals surface area contributed by atoms with Gasteiger partial charge in [-0.05, 0) is 40.3 Å². The van der Waals surface area contributed by atoms with E-state index in [9.17, 15) is 0 Å². The van der Waals surface area contributed by atoms with Crippen LogP contribution >= 0.6 is 45.5 Å². The fraction of sp³-hybridized carbons (Fsp3) is 0.357. The topological polar surface area (TPSA) is 38.9 Å². The molecule has 0 aliphatic rings. The fourth-order valence-corrected chi connectivity index (χ4v) is 3.90. The lowest BCUT2D eigenvalue weighted by Crippen LogP contribution is -2.14. The summed E-state index contributed by atoms with van der Waals surface area (Å²) < 4.78 is 1.14. The number of benzene rings is 1. The second-order valence-electron chi connectivity index (χ2n) is 5.49. The van der Waals surface area contributed by atoms with Crippen molar-refractivity contribution in [3.8, 4) is 0 Å². The first kappa shape index (κ1) is 15.1. The van der Waals surface area contributed by atoms with Crippen LogP contribution in [0.25, 0.3) is 0 Å². The molecule has 0 saturated heterocycles. The van der Waals surface area contributed by atoms with Gasteiger partial charge < -0.3 is 5.73 Å². The highest BCUT2D eigenvalue weighted by Gasteiger charge is 2.23. The molecule has 1 heterocycles. The van der Waals surface area contributed by atoms with Crippen molar-refractivity contribution in [1.82, 2.24) is 4.98 Å². The number of nitrogens with zero attached hydrogens (tertiary/aromatic N) is 1. The van der Waals surface area contributed by atoms with Gasteiger partial charge in [0.15, 0.2) is 5.13 Å². The highest BCUT2D eigenvalue weighted by atomic mass is 127. The van der Waals surface area contributed by atoms with Crippen molar-refractivity contribution in [2.75, 3.05) is 5.73 Å². The molecule has 0 saturated carbocycles. The molecule has 0 aliphatic heterocycles. The van der Waals surface area contributed by atoms with Crippen LogP contribution in [0, 0.1) is 3.57 Å². The molecule has 0 amide bonds. The van der Waals surface area contributed by atoms with Crippen LogP contribution in [-0.2, 0) is 11.8 Å². The second-order valence-corrected chi connectivity index (χ2v) is 8.25. The molecular formula is C14H16ClIN2S. The summed E-state index contributed by atoms with van der Waals surface area (Å²) in [6, 6.07) is 6.13. The molecule has 0 radical (unpaired) electrons. The van der Waals surface area contributed by atoms with Gasteiger partial charge in [0, 0.05) is 25.3 Å². The Bertz CT molecular complexity index is 602. The Kier molecular flexibility index (Phi) is 4.42. The maximum absolute atomic E-state index is 6.30. The molecule has 0 unspecified atom stereocenters. The zero-order valence-electron chi connectivity index (χ0n) is 11.1. The Morgan fingerprint density at radius 3 is 2.63 bits per heavy atom. The zero-order valence-corrected chi connectivity index (χ0v) is 14.9. The summed E-state index contributed by atoms with van der Waals surface area (Å²) in [4.78, 5) is 5.68. The maximum Gasteiger partial charge on any atom is 0.180 e. The summed E-state index contributed by atoms with van der Waals surface area (Å²) in [6.07, 6.45) is 0.789. The summed E-state index contributed by atoms with van der Waals surface area (Å²) in [5.41, 5.74) is 8.06. The molecule has 0 fully saturated rings. The second kappa shape index (κ2) is 5.58. The van der Waals surface area contributed by atoms with Gasteiger partial charge in [0.2, 0.25) is 0 Å². The Hall–Kier alpha value is -0.330. The molecule has 1 aromatic carbocycles. The van der Waals surface area contributed by atoms with Gasteiger partial charge >= 0.3 is 0 Å². The van der Waals surface area contributed by atoms with Crippen LogP contribution in [0.2, 0.25) is 5.02 Å². The van der Waals surface area contributed by atoms with E-state index in [4.69, 9.17) is 17.3 Å². The van der Waals surface area contributed by atoms with E-state index in [2.05, 4.69) is 60.5 Å². The van der Waals surface area contributed by atoms with Gasteiger partial charge in [0.25, 0.3) is 0 Å². The van der Waals surface area contributed by atoms with Crippen molar-refractivity contribution in [3.05, 3.63) is 42.9 Å². The van der Waals surface area contributed by atoms with E-state index in [1.807, 2.05) is 6.07 Å². The van der Waals surface area contributed by atoms with Crippen molar-refractivity contribution >= 4 is 50.7 Å². The van der Waals surface area contributed by atoms with Crippen LogP contribution in [0.1, 0.15) is 36.9 Å². The van der Waals surface area contributed by atoms with Crippen LogP contribution in [0.4, 0.5) is 5.13 Å². The Morgan fingerprint density at radius 2 is 2.05 bits per heavy atom. The van der Waals surface area contributed by atoms with E-state index in [1.54, 1.807) is 11.3 Å². The average molecular weight is 407 g/mol. The highest BCUT2D eigenvalue weighted by Crippen LogP contribution is 2.33. The minimum Gasteiger partial charge on any atom is -0.375 e. The summed E-state index contributed by atoms with van der Waals surface area (Å²) in [7, 11) is 0. The first-order valence-electron chi connectivity index (χ1n) is 5.97. The van der Waals surface area contributed by atoms with Gasteiger partial charge in [-0.25, -0.2) is 4.98 Å². The number of nitrogen functional groups attached to an aromatic ring is 1. The lowest BCUT2D eigenvalue weighted by Gasteiger charge is -2.17. The number of anilines is 1. The molecule has 1 aromatic heterocycles. The molecule has 102 valence electrons. The Balaban J connectivity index is 2.38. The van der Waals surface area contributed by atoms with Crippen molar-refractivity contribution in [3.63, 3.8) is 0 Å². The van der Waals surface area contributed by atoms with Crippen molar-refractivity contribution in [2.24, 2.45) is 0 Å². The van der Waals surface area contributed by atoms with Crippen LogP contribution in [0.15, 0.2) is 18.2 Å². The van der Waals surface area contributed by atoms with Crippen molar-refractivity contribution < 1.29 is 0 Å². The average Bonchev–Trinajstić information content (AvgIpc) is 2.63. The minimum atomic E-state index is -0.000860. The molecule has 2 nitrogen and oxygen atoms in total. The van der Waals surface area contributed by atoms with E-state index in [1.165, 1.54) is 4.88 Å². The number of rotatable bonds is 2. The van der Waals surface area contributed by atoms with Crippen LogP contribution in [0.3, 0.4) is 0 Å². The van der Waals surface area contributed by atoms with Gasteiger partial charge in [-0.2, -0.15) is 0 Å². The smallest absolute Gasteiger partial charge is 0.180 e. The van der Waals surface area contributed by atoms with Gasteiger partial charge in [-0.3, -0.25) is 0 Å². The lowest BCUT2D eigenvalue weighted by atomic mass is 9.90. The molecule has 0 atom stereocenters. The van der Waals surface area contributed by atoms with Crippen molar-refractivity contribution in [1.29, 1.82) is 0 Å². The maximum atomic E-state index is 6.30. The number of halogens is 2. The Morgan fingerprint density at radius 1 is 1.37 bits per heavy atom. The van der Waals surface area contributed by atoms with E-state index >= 15 is 0 Å². The zero-order chi connectivity index (χ0) is 14.2. The lowest BCUT2D eigenvalue weighted by molar-refractivity contribution is 0.568. The molecular weight excluding hydrogens is 391 g/mol. The normalized spacial score (nSPS) is 11.8. The van der Waals surface area contributed by atoms with E-state index in [0.717, 1.165) is 26.3 Å². The third-order valence-corrected chi connectivity index (χ3v) is 4.70. The molecule has 0 aliphatic carbocycles. The number of aromatic nitrogens is 1. The molecule has 2 aromatic rings. The monoisotopic (exact) mass is 406 g/mol. The predicted octanol–water partition coefficient (Wildman–Crippen LogP) is 4.87. The summed E-state index contributed by atoms with van der Waals surface area (Å²) in [6.45, 7) is 6.46. The van der Waals surface area contributed by atoms with E-state index < -0.39 is 0 Å². The van der Waals surface area contributed by atoms with Gasteiger partial charge in [0.1, 0.15) is 0 Å². The largest absolute Gasteiger partial charge is 0.375 e. The number of thiazole rings is 1. The van der Waals surface area contributed by atoms with Crippen LogP contribution < -0.4 is 5.73 Å². The standard InChI is InChI=1S/C14H16ClIN2S/c1-14(2,3)12-11(19-13(17)18-12)6-8-4-5-9(16)7-10(8)15/h4-5,7H,6H2,1-3H3,(H2,17,18). The molecule has 2 N–H and O–H groups in total.